The van der Waals surface area contributed by atoms with Crippen LogP contribution in [0.15, 0.2) is 46.9 Å². The monoisotopic (exact) mass is 671 g/mol. The number of benzene rings is 2. The highest BCUT2D eigenvalue weighted by Crippen LogP contribution is 2.44. The molecule has 1 saturated heterocycles. The molecule has 0 saturated carbocycles. The molecule has 3 aromatic rings. The predicted molar refractivity (Wildman–Crippen MR) is 158 cm³/mol. The molecule has 42 heavy (non-hydrogen) atoms. The van der Waals surface area contributed by atoms with Crippen molar-refractivity contribution in [3.05, 3.63) is 68.7 Å². The lowest BCUT2D eigenvalue weighted by Gasteiger charge is -2.24. The summed E-state index contributed by atoms with van der Waals surface area (Å²) in [6.45, 7) is 4.45. The fraction of sp³-hybridized carbons (Fsp3) is 0.433. The van der Waals surface area contributed by atoms with E-state index in [0.29, 0.717) is 21.3 Å². The van der Waals surface area contributed by atoms with Gasteiger partial charge in [-0.05, 0) is 63.9 Å². The molecule has 12 heteroatoms. The summed E-state index contributed by atoms with van der Waals surface area (Å²) in [4.78, 5) is 31.4. The van der Waals surface area contributed by atoms with Crippen LogP contribution in [-0.4, -0.2) is 53.9 Å². The zero-order chi connectivity index (χ0) is 31.0. The number of ether oxygens (including phenoxy) is 1. The van der Waals surface area contributed by atoms with Gasteiger partial charge in [-0.15, -0.1) is 0 Å². The molecule has 0 bridgehead atoms. The number of esters is 1. The van der Waals surface area contributed by atoms with Crippen LogP contribution in [0.1, 0.15) is 61.0 Å². The maximum atomic E-state index is 14.1. The topological polar surface area (TPSA) is 71.5 Å². The van der Waals surface area contributed by atoms with Gasteiger partial charge in [0, 0.05) is 39.3 Å². The zero-order valence-corrected chi connectivity index (χ0v) is 25.9. The predicted octanol–water partition coefficient (Wildman–Crippen LogP) is 7.69. The molecular weight excluding hydrogens is 642 g/mol. The van der Waals surface area contributed by atoms with E-state index < -0.39 is 42.4 Å². The quantitative estimate of drug-likeness (QED) is 0.196. The van der Waals surface area contributed by atoms with Gasteiger partial charge in [0.2, 0.25) is 0 Å². The molecule has 0 radical (unpaired) electrons. The van der Waals surface area contributed by atoms with Crippen molar-refractivity contribution in [2.24, 2.45) is 0 Å². The second-order valence-electron chi connectivity index (χ2n) is 11.4. The number of nitrogens with one attached hydrogen (secondary N) is 1. The highest BCUT2D eigenvalue weighted by Gasteiger charge is 2.63. The van der Waals surface area contributed by atoms with Gasteiger partial charge in [0.05, 0.1) is 24.2 Å². The zero-order valence-electron chi connectivity index (χ0n) is 23.5. The van der Waals surface area contributed by atoms with Gasteiger partial charge in [0.1, 0.15) is 11.4 Å². The molecule has 2 aromatic carbocycles. The first-order valence-corrected chi connectivity index (χ1v) is 14.5. The molecule has 0 spiro atoms. The number of alkyl halides is 4. The maximum absolute atomic E-state index is 14.1. The molecule has 4 rings (SSSR count). The molecule has 1 amide bonds. The molecule has 1 fully saturated rings. The molecule has 226 valence electrons. The van der Waals surface area contributed by atoms with Crippen molar-refractivity contribution >= 4 is 56.1 Å². The van der Waals surface area contributed by atoms with Gasteiger partial charge in [0.25, 0.3) is 5.91 Å². The minimum Gasteiger partial charge on any atom is -0.460 e. The van der Waals surface area contributed by atoms with Gasteiger partial charge in [0.15, 0.2) is 0 Å². The van der Waals surface area contributed by atoms with Crippen LogP contribution in [0.25, 0.3) is 10.9 Å². The SMILES string of the molecule is Cc1c(N2CC(F)(F)C(F)(F)C2)nc2ccc(Br)cc2c1C(=O)NCC(CCC(=O)OC(C)(C)C)c1ccccc1Cl. The van der Waals surface area contributed by atoms with Gasteiger partial charge in [-0.25, -0.2) is 4.98 Å². The van der Waals surface area contributed by atoms with E-state index in [-0.39, 0.29) is 41.3 Å². The molecule has 2 heterocycles. The molecule has 1 N–H and O–H groups in total. The van der Waals surface area contributed by atoms with Crippen LogP contribution in [-0.2, 0) is 9.53 Å². The highest BCUT2D eigenvalue weighted by atomic mass is 79.9. The van der Waals surface area contributed by atoms with Crippen LogP contribution < -0.4 is 10.2 Å². The summed E-state index contributed by atoms with van der Waals surface area (Å²) in [6, 6.07) is 12.0. The largest absolute Gasteiger partial charge is 0.460 e. The molecule has 0 aliphatic carbocycles. The van der Waals surface area contributed by atoms with Gasteiger partial charge in [-0.1, -0.05) is 45.7 Å². The summed E-state index contributed by atoms with van der Waals surface area (Å²) in [5.74, 6) is -9.91. The average Bonchev–Trinajstić information content (AvgIpc) is 3.09. The van der Waals surface area contributed by atoms with Crippen LogP contribution in [0.3, 0.4) is 0 Å². The fourth-order valence-corrected chi connectivity index (χ4v) is 5.65. The smallest absolute Gasteiger partial charge is 0.329 e. The second kappa shape index (κ2) is 12.0. The lowest BCUT2D eigenvalue weighted by Crippen LogP contribution is -2.38. The van der Waals surface area contributed by atoms with Crippen molar-refractivity contribution in [3.8, 4) is 0 Å². The Morgan fingerprint density at radius 3 is 2.38 bits per heavy atom. The fourth-order valence-electron chi connectivity index (χ4n) is 5.00. The van der Waals surface area contributed by atoms with E-state index in [2.05, 4.69) is 26.2 Å². The molecule has 1 aliphatic rings. The molecule has 1 aliphatic heterocycles. The maximum Gasteiger partial charge on any atom is 0.329 e. The Kier molecular flexibility index (Phi) is 9.14. The highest BCUT2D eigenvalue weighted by molar-refractivity contribution is 9.10. The molecular formula is C30H31BrClF4N3O3. The first kappa shape index (κ1) is 32.0. The third kappa shape index (κ3) is 6.99. The Labute approximate surface area is 254 Å². The van der Waals surface area contributed by atoms with E-state index in [4.69, 9.17) is 16.3 Å². The minimum absolute atomic E-state index is 0.0781. The third-order valence-corrected chi connectivity index (χ3v) is 7.81. The lowest BCUT2D eigenvalue weighted by molar-refractivity contribution is -0.172. The average molecular weight is 673 g/mol. The van der Waals surface area contributed by atoms with E-state index in [1.54, 1.807) is 57.2 Å². The summed E-state index contributed by atoms with van der Waals surface area (Å²) in [6.07, 6.45) is 0.401. The van der Waals surface area contributed by atoms with Crippen molar-refractivity contribution in [1.29, 1.82) is 0 Å². The number of anilines is 1. The lowest BCUT2D eigenvalue weighted by atomic mass is 9.93. The van der Waals surface area contributed by atoms with Crippen LogP contribution in [0.5, 0.6) is 0 Å². The van der Waals surface area contributed by atoms with E-state index in [1.807, 2.05) is 6.07 Å². The number of carbonyl (C=O) groups excluding carboxylic acids is 2. The molecule has 1 unspecified atom stereocenters. The van der Waals surface area contributed by atoms with E-state index in [1.165, 1.54) is 6.92 Å². The number of pyridine rings is 1. The van der Waals surface area contributed by atoms with Gasteiger partial charge in [-0.3, -0.25) is 9.59 Å². The Morgan fingerprint density at radius 1 is 1.12 bits per heavy atom. The number of halogens is 6. The molecule has 1 atom stereocenters. The van der Waals surface area contributed by atoms with Crippen LogP contribution in [0.4, 0.5) is 23.4 Å². The van der Waals surface area contributed by atoms with Crippen LogP contribution in [0.2, 0.25) is 5.02 Å². The van der Waals surface area contributed by atoms with E-state index in [0.717, 1.165) is 10.5 Å². The first-order valence-electron chi connectivity index (χ1n) is 13.3. The number of hydrogen-bond acceptors (Lipinski definition) is 5. The van der Waals surface area contributed by atoms with E-state index in [9.17, 15) is 27.2 Å². The second-order valence-corrected chi connectivity index (χ2v) is 12.7. The standard InChI is InChI=1S/C30H31BrClF4N3O3/c1-17-25(21-13-19(31)10-11-23(21)38-26(17)39-15-29(33,34)30(35,36)16-39)27(41)37-14-18(20-7-5-6-8-22(20)32)9-12-24(40)42-28(2,3)4/h5-8,10-11,13,18H,9,12,14-16H2,1-4H3,(H,37,41). The van der Waals surface area contributed by atoms with E-state index >= 15 is 0 Å². The van der Waals surface area contributed by atoms with Gasteiger partial charge >= 0.3 is 17.8 Å². The summed E-state index contributed by atoms with van der Waals surface area (Å²) in [5.41, 5.74) is 0.675. The van der Waals surface area contributed by atoms with Crippen molar-refractivity contribution in [1.82, 2.24) is 10.3 Å². The van der Waals surface area contributed by atoms with Gasteiger partial charge in [-0.2, -0.15) is 17.6 Å². The third-order valence-electron chi connectivity index (χ3n) is 6.98. The molecule has 6 nitrogen and oxygen atoms in total. The number of amides is 1. The number of nitrogens with zero attached hydrogens (tertiary/aromatic N) is 2. The summed E-state index contributed by atoms with van der Waals surface area (Å²) < 4.78 is 62.4. The number of carbonyl (C=O) groups is 2. The van der Waals surface area contributed by atoms with Crippen molar-refractivity contribution in [2.75, 3.05) is 24.5 Å². The number of fused-ring (bicyclic) bond motifs is 1. The summed E-state index contributed by atoms with van der Waals surface area (Å²) in [7, 11) is 0. The molecule has 1 aromatic heterocycles. The Morgan fingerprint density at radius 2 is 1.76 bits per heavy atom. The Balaban J connectivity index is 1.66. The Hall–Kier alpha value is -2.92. The Bertz CT molecular complexity index is 1500. The number of aromatic nitrogens is 1. The van der Waals surface area contributed by atoms with Gasteiger partial charge < -0.3 is 15.0 Å². The minimum atomic E-state index is -4.24. The van der Waals surface area contributed by atoms with Crippen LogP contribution >= 0.6 is 27.5 Å². The van der Waals surface area contributed by atoms with Crippen LogP contribution in [0, 0.1) is 6.92 Å². The number of hydrogen-bond donors (Lipinski definition) is 1. The van der Waals surface area contributed by atoms with Crippen molar-refractivity contribution in [3.63, 3.8) is 0 Å². The summed E-state index contributed by atoms with van der Waals surface area (Å²) >= 11 is 9.85. The number of rotatable bonds is 8. The normalized spacial score (nSPS) is 16.9. The van der Waals surface area contributed by atoms with Crippen molar-refractivity contribution < 1.29 is 31.9 Å². The first-order chi connectivity index (χ1) is 19.5. The summed E-state index contributed by atoms with van der Waals surface area (Å²) in [5, 5.41) is 3.78. The van der Waals surface area contributed by atoms with Crippen molar-refractivity contribution in [2.45, 2.75) is 63.9 Å².